The minimum absolute atomic E-state index is 0.240. The number of nitriles is 1. The van der Waals surface area contributed by atoms with Crippen molar-refractivity contribution in [3.8, 4) is 6.07 Å². The third-order valence-corrected chi connectivity index (χ3v) is 4.44. The molecule has 1 aromatic rings. The van der Waals surface area contributed by atoms with Crippen LogP contribution in [0.3, 0.4) is 0 Å². The van der Waals surface area contributed by atoms with E-state index in [0.717, 1.165) is 31.2 Å². The lowest BCUT2D eigenvalue weighted by Gasteiger charge is -2.38. The van der Waals surface area contributed by atoms with Crippen LogP contribution in [0.15, 0.2) is 24.3 Å². The van der Waals surface area contributed by atoms with Gasteiger partial charge in [0.15, 0.2) is 0 Å². The van der Waals surface area contributed by atoms with Crippen LogP contribution in [0.1, 0.15) is 43.7 Å². The van der Waals surface area contributed by atoms with E-state index in [1.807, 2.05) is 13.0 Å². The molecule has 0 spiro atoms. The Morgan fingerprint density at radius 1 is 1.45 bits per heavy atom. The van der Waals surface area contributed by atoms with Gasteiger partial charge in [-0.2, -0.15) is 5.26 Å². The molecule has 1 fully saturated rings. The van der Waals surface area contributed by atoms with Crippen molar-refractivity contribution < 1.29 is 9.90 Å². The molecule has 3 N–H and O–H groups in total. The van der Waals surface area contributed by atoms with Crippen molar-refractivity contribution in [2.75, 3.05) is 6.54 Å². The zero-order valence-electron chi connectivity index (χ0n) is 12.9. The van der Waals surface area contributed by atoms with Crippen LogP contribution in [0.25, 0.3) is 0 Å². The predicted molar refractivity (Wildman–Crippen MR) is 84.0 cm³/mol. The maximum absolute atomic E-state index is 11.9. The Kier molecular flexibility index (Phi) is 5.40. The third kappa shape index (κ3) is 4.22. The summed E-state index contributed by atoms with van der Waals surface area (Å²) in [5, 5.41) is 24.6. The van der Waals surface area contributed by atoms with Crippen LogP contribution in [-0.4, -0.2) is 23.8 Å². The first-order chi connectivity index (χ1) is 10.5. The number of benzene rings is 1. The highest BCUT2D eigenvalue weighted by Crippen LogP contribution is 2.35. The summed E-state index contributed by atoms with van der Waals surface area (Å²) >= 11 is 0. The molecule has 0 aliphatic heterocycles. The van der Waals surface area contributed by atoms with E-state index in [-0.39, 0.29) is 17.6 Å². The predicted octanol–water partition coefficient (Wildman–Crippen LogP) is 2.30. The molecule has 0 radical (unpaired) electrons. The second kappa shape index (κ2) is 7.28. The van der Waals surface area contributed by atoms with Gasteiger partial charge in [-0.1, -0.05) is 31.9 Å². The minimum atomic E-state index is -0.353. The van der Waals surface area contributed by atoms with E-state index in [1.165, 1.54) is 0 Å². The fraction of sp³-hybridized carbons (Fsp3) is 0.529. The average Bonchev–Trinajstić information content (AvgIpc) is 2.54. The molecule has 0 aromatic heterocycles. The van der Waals surface area contributed by atoms with Gasteiger partial charge in [-0.05, 0) is 30.5 Å². The quantitative estimate of drug-likeness (QED) is 0.797. The van der Waals surface area contributed by atoms with Crippen molar-refractivity contribution in [3.63, 3.8) is 0 Å². The van der Waals surface area contributed by atoms with E-state index < -0.39 is 0 Å². The zero-order valence-corrected chi connectivity index (χ0v) is 12.9. The summed E-state index contributed by atoms with van der Waals surface area (Å²) in [7, 11) is 0. The number of nitrogens with one attached hydrogen (secondary N) is 2. The molecule has 5 nitrogen and oxygen atoms in total. The number of rotatable bonds is 4. The Morgan fingerprint density at radius 3 is 3.00 bits per heavy atom. The lowest BCUT2D eigenvalue weighted by atomic mass is 9.73. The normalized spacial score (nSPS) is 24.3. The van der Waals surface area contributed by atoms with Crippen LogP contribution >= 0.6 is 0 Å². The standard InChI is InChI=1S/C17H23N3O2/c1-17(8-3-2-7-15(17)21)12-20-16(22)19-11-14-6-4-5-13(9-14)10-18/h4-6,9,15,21H,2-3,7-8,11-12H2,1H3,(H2,19,20,22). The van der Waals surface area contributed by atoms with Gasteiger partial charge < -0.3 is 15.7 Å². The molecule has 22 heavy (non-hydrogen) atoms. The number of nitrogens with zero attached hydrogens (tertiary/aromatic N) is 1. The number of aliphatic hydroxyl groups is 1. The fourth-order valence-electron chi connectivity index (χ4n) is 2.87. The van der Waals surface area contributed by atoms with Crippen LogP contribution in [-0.2, 0) is 6.54 Å². The summed E-state index contributed by atoms with van der Waals surface area (Å²) in [5.74, 6) is 0. The Bertz CT molecular complexity index is 567. The van der Waals surface area contributed by atoms with Crippen molar-refractivity contribution in [2.45, 2.75) is 45.3 Å². The summed E-state index contributed by atoms with van der Waals surface area (Å²) in [4.78, 5) is 11.9. The Labute approximate surface area is 131 Å². The van der Waals surface area contributed by atoms with Crippen molar-refractivity contribution in [2.24, 2.45) is 5.41 Å². The Morgan fingerprint density at radius 2 is 2.27 bits per heavy atom. The van der Waals surface area contributed by atoms with Gasteiger partial charge in [0.05, 0.1) is 17.7 Å². The van der Waals surface area contributed by atoms with E-state index in [2.05, 4.69) is 16.7 Å². The van der Waals surface area contributed by atoms with Gasteiger partial charge in [-0.15, -0.1) is 0 Å². The Balaban J connectivity index is 1.79. The molecule has 1 aromatic carbocycles. The summed E-state index contributed by atoms with van der Waals surface area (Å²) < 4.78 is 0. The SMILES string of the molecule is CC1(CNC(=O)NCc2cccc(C#N)c2)CCCCC1O. The topological polar surface area (TPSA) is 85.2 Å². The first kappa shape index (κ1) is 16.3. The highest BCUT2D eigenvalue weighted by atomic mass is 16.3. The van der Waals surface area contributed by atoms with Gasteiger partial charge in [-0.25, -0.2) is 4.79 Å². The van der Waals surface area contributed by atoms with Crippen LogP contribution in [0.2, 0.25) is 0 Å². The molecule has 1 aliphatic rings. The van der Waals surface area contributed by atoms with Gasteiger partial charge >= 0.3 is 6.03 Å². The number of carbonyl (C=O) groups is 1. The molecule has 1 saturated carbocycles. The van der Waals surface area contributed by atoms with Crippen LogP contribution in [0.4, 0.5) is 4.79 Å². The highest BCUT2D eigenvalue weighted by Gasteiger charge is 2.35. The molecule has 2 unspecified atom stereocenters. The number of hydrogen-bond acceptors (Lipinski definition) is 3. The van der Waals surface area contributed by atoms with E-state index in [9.17, 15) is 9.90 Å². The third-order valence-electron chi connectivity index (χ3n) is 4.44. The number of carbonyl (C=O) groups excluding carboxylic acids is 1. The van der Waals surface area contributed by atoms with E-state index in [4.69, 9.17) is 5.26 Å². The molecule has 0 saturated heterocycles. The smallest absolute Gasteiger partial charge is 0.315 e. The molecular weight excluding hydrogens is 278 g/mol. The number of aliphatic hydroxyl groups excluding tert-OH is 1. The molecular formula is C17H23N3O2. The van der Waals surface area contributed by atoms with E-state index in [0.29, 0.717) is 18.7 Å². The second-order valence-corrected chi connectivity index (χ2v) is 6.26. The summed E-state index contributed by atoms with van der Waals surface area (Å²) in [6.07, 6.45) is 3.53. The summed E-state index contributed by atoms with van der Waals surface area (Å²) in [6.45, 7) is 2.87. The number of urea groups is 1. The molecule has 2 atom stereocenters. The van der Waals surface area contributed by atoms with E-state index in [1.54, 1.807) is 18.2 Å². The largest absolute Gasteiger partial charge is 0.392 e. The second-order valence-electron chi connectivity index (χ2n) is 6.26. The van der Waals surface area contributed by atoms with Gasteiger partial charge in [-0.3, -0.25) is 0 Å². The lowest BCUT2D eigenvalue weighted by Crippen LogP contribution is -2.47. The van der Waals surface area contributed by atoms with Gasteiger partial charge in [0.2, 0.25) is 0 Å². The van der Waals surface area contributed by atoms with Crippen molar-refractivity contribution >= 4 is 6.03 Å². The van der Waals surface area contributed by atoms with Gasteiger partial charge in [0, 0.05) is 18.5 Å². The highest BCUT2D eigenvalue weighted by molar-refractivity contribution is 5.73. The monoisotopic (exact) mass is 301 g/mol. The first-order valence-corrected chi connectivity index (χ1v) is 7.72. The molecule has 5 heteroatoms. The molecule has 118 valence electrons. The summed E-state index contributed by atoms with van der Waals surface area (Å²) in [5.41, 5.74) is 1.23. The minimum Gasteiger partial charge on any atom is -0.392 e. The van der Waals surface area contributed by atoms with Gasteiger partial charge in [0.25, 0.3) is 0 Å². The Hall–Kier alpha value is -2.06. The van der Waals surface area contributed by atoms with Crippen LogP contribution in [0, 0.1) is 16.7 Å². The van der Waals surface area contributed by atoms with Crippen molar-refractivity contribution in [1.82, 2.24) is 10.6 Å². The molecule has 0 heterocycles. The number of amides is 2. The number of hydrogen-bond donors (Lipinski definition) is 3. The summed E-state index contributed by atoms with van der Waals surface area (Å²) in [6, 6.07) is 8.98. The lowest BCUT2D eigenvalue weighted by molar-refractivity contribution is 0.00309. The van der Waals surface area contributed by atoms with Gasteiger partial charge in [0.1, 0.15) is 0 Å². The fourth-order valence-corrected chi connectivity index (χ4v) is 2.87. The molecule has 0 bridgehead atoms. The van der Waals surface area contributed by atoms with Crippen LogP contribution < -0.4 is 10.6 Å². The molecule has 2 amide bonds. The first-order valence-electron chi connectivity index (χ1n) is 7.72. The van der Waals surface area contributed by atoms with Crippen LogP contribution in [0.5, 0.6) is 0 Å². The van der Waals surface area contributed by atoms with Crippen molar-refractivity contribution in [3.05, 3.63) is 35.4 Å². The molecule has 2 rings (SSSR count). The zero-order chi connectivity index (χ0) is 16.0. The maximum Gasteiger partial charge on any atom is 0.315 e. The van der Waals surface area contributed by atoms with E-state index >= 15 is 0 Å². The van der Waals surface area contributed by atoms with Crippen molar-refractivity contribution in [1.29, 1.82) is 5.26 Å². The maximum atomic E-state index is 11.9. The molecule has 1 aliphatic carbocycles. The average molecular weight is 301 g/mol.